The zero-order valence-corrected chi connectivity index (χ0v) is 9.27. The maximum atomic E-state index is 9.47. The van der Waals surface area contributed by atoms with E-state index in [2.05, 4.69) is 5.11 Å². The first-order valence-corrected chi connectivity index (χ1v) is 4.86. The van der Waals surface area contributed by atoms with Crippen molar-refractivity contribution in [2.24, 2.45) is 0 Å². The molecule has 1 rings (SSSR count). The van der Waals surface area contributed by atoms with Gasteiger partial charge in [-0.3, -0.25) is 0 Å². The number of hydrogen-bond donors (Lipinski definition) is 2. The minimum absolute atomic E-state index is 0.123. The minimum atomic E-state index is 0.123. The van der Waals surface area contributed by atoms with E-state index in [0.717, 1.165) is 11.1 Å². The molecule has 0 aliphatic carbocycles. The van der Waals surface area contributed by atoms with Crippen LogP contribution in [0.3, 0.4) is 0 Å². The van der Waals surface area contributed by atoms with Gasteiger partial charge in [0.1, 0.15) is 5.75 Å². The number of halogens is 1. The Balaban J connectivity index is 0.000000673. The third-order valence-electron chi connectivity index (χ3n) is 1.75. The van der Waals surface area contributed by atoms with Crippen LogP contribution in [0, 0.1) is 0 Å². The summed E-state index contributed by atoms with van der Waals surface area (Å²) in [6.45, 7) is 4.41. The van der Waals surface area contributed by atoms with Gasteiger partial charge in [0.2, 0.25) is 1.43 Å². The summed E-state index contributed by atoms with van der Waals surface area (Å²) in [5.41, 5.74) is 1.58. The molecule has 0 saturated heterocycles. The smallest absolute Gasteiger partial charge is 0.211 e. The molecule has 2 N–H and O–H groups in total. The van der Waals surface area contributed by atoms with Gasteiger partial charge in [-0.15, -0.1) is 0 Å². The normalized spacial score (nSPS) is 11.1. The number of rotatable bonds is 3. The molecule has 0 heterocycles. The van der Waals surface area contributed by atoms with Crippen LogP contribution >= 0.6 is 11.6 Å². The quantitative estimate of drug-likeness (QED) is 0.820. The zero-order valence-electron chi connectivity index (χ0n) is 10.5. The Morgan fingerprint density at radius 1 is 1.64 bits per heavy atom. The Kier molecular flexibility index (Phi) is 4.68. The number of aromatic hydroxyl groups is 1. The van der Waals surface area contributed by atoms with E-state index >= 15 is 0 Å². The SMILES string of the molecule is [2H]OCc1cc(Cl)c(O)c(CC)c1.[3H]CC. The number of aryl methyl sites for hydroxylation is 1. The Morgan fingerprint density at radius 2 is 2.29 bits per heavy atom. The largest absolute Gasteiger partial charge is 0.506 e. The van der Waals surface area contributed by atoms with Crippen LogP contribution in [0.5, 0.6) is 5.75 Å². The van der Waals surface area contributed by atoms with Crippen molar-refractivity contribution in [2.75, 3.05) is 0 Å². The molecule has 0 saturated carbocycles. The fourth-order valence-electron chi connectivity index (χ4n) is 1.07. The summed E-state index contributed by atoms with van der Waals surface area (Å²) in [5, 5.41) is 14.0. The Bertz CT molecular complexity index is 319. The van der Waals surface area contributed by atoms with Crippen LogP contribution in [0.1, 0.15) is 33.2 Å². The second-order valence-corrected chi connectivity index (χ2v) is 2.99. The highest BCUT2D eigenvalue weighted by atomic mass is 35.5. The Labute approximate surface area is 93.1 Å². The maximum absolute atomic E-state index is 9.47. The van der Waals surface area contributed by atoms with E-state index in [1.54, 1.807) is 19.1 Å². The first-order valence-electron chi connectivity index (χ1n) is 5.59. The van der Waals surface area contributed by atoms with Gasteiger partial charge in [-0.05, 0) is 29.7 Å². The molecule has 14 heavy (non-hydrogen) atoms. The summed E-state index contributed by atoms with van der Waals surface area (Å²) < 4.78 is 12.8. The van der Waals surface area contributed by atoms with Crippen molar-refractivity contribution in [3.8, 4) is 5.75 Å². The summed E-state index contributed by atoms with van der Waals surface area (Å²) in [4.78, 5) is 0. The molecule has 0 spiro atoms. The molecular formula is C11H17ClO2. The van der Waals surface area contributed by atoms with Crippen LogP contribution in [0.25, 0.3) is 0 Å². The summed E-state index contributed by atoms with van der Waals surface area (Å²) in [6, 6.07) is 3.39. The molecule has 1 aromatic rings. The molecule has 0 atom stereocenters. The number of aliphatic hydroxyl groups excluding tert-OH is 1. The van der Waals surface area contributed by atoms with Gasteiger partial charge in [0.25, 0.3) is 0 Å². The van der Waals surface area contributed by atoms with Gasteiger partial charge < -0.3 is 10.2 Å². The molecule has 0 radical (unpaired) electrons. The van der Waals surface area contributed by atoms with E-state index in [9.17, 15) is 5.11 Å². The number of hydrogen-bond acceptors (Lipinski definition) is 2. The second kappa shape index (κ2) is 6.68. The average Bonchev–Trinajstić information content (AvgIpc) is 2.24. The van der Waals surface area contributed by atoms with Crippen molar-refractivity contribution in [3.63, 3.8) is 0 Å². The maximum Gasteiger partial charge on any atom is 0.211 e. The monoisotopic (exact) mass is 219 g/mol. The highest BCUT2D eigenvalue weighted by Gasteiger charge is 2.05. The van der Waals surface area contributed by atoms with Gasteiger partial charge in [-0.1, -0.05) is 32.3 Å². The van der Waals surface area contributed by atoms with Gasteiger partial charge in [0.15, 0.2) is 0 Å². The first kappa shape index (κ1) is 9.81. The molecule has 0 amide bonds. The third-order valence-corrected chi connectivity index (χ3v) is 2.04. The number of benzene rings is 1. The lowest BCUT2D eigenvalue weighted by Gasteiger charge is -2.05. The van der Waals surface area contributed by atoms with Crippen molar-refractivity contribution in [3.05, 3.63) is 28.3 Å². The molecule has 80 valence electrons. The Hall–Kier alpha value is -0.730. The van der Waals surface area contributed by atoms with Gasteiger partial charge >= 0.3 is 0 Å². The highest BCUT2D eigenvalue weighted by molar-refractivity contribution is 6.32. The molecule has 0 aliphatic heterocycles. The lowest BCUT2D eigenvalue weighted by molar-refractivity contribution is 0.281. The van der Waals surface area contributed by atoms with Gasteiger partial charge in [0, 0.05) is 1.37 Å². The fourth-order valence-corrected chi connectivity index (χ4v) is 1.33. The molecule has 1 aromatic carbocycles. The van der Waals surface area contributed by atoms with E-state index in [0.29, 0.717) is 18.3 Å². The fraction of sp³-hybridized carbons (Fsp3) is 0.455. The summed E-state index contributed by atoms with van der Waals surface area (Å²) >= 11 is 5.77. The van der Waals surface area contributed by atoms with Gasteiger partial charge in [-0.2, -0.15) is 0 Å². The summed E-state index contributed by atoms with van der Waals surface area (Å²) in [6.07, 6.45) is 0.706. The predicted octanol–water partition coefficient (Wildman–Crippen LogP) is 3.13. The lowest BCUT2D eigenvalue weighted by atomic mass is 10.1. The van der Waals surface area contributed by atoms with Crippen LogP contribution in [0.4, 0.5) is 0 Å². The third kappa shape index (κ3) is 3.20. The van der Waals surface area contributed by atoms with E-state index in [4.69, 9.17) is 14.4 Å². The van der Waals surface area contributed by atoms with Crippen molar-refractivity contribution in [1.82, 2.24) is 0 Å². The van der Waals surface area contributed by atoms with Crippen molar-refractivity contribution in [1.29, 1.82) is 1.43 Å². The van der Waals surface area contributed by atoms with Crippen LogP contribution in [-0.4, -0.2) is 11.6 Å². The van der Waals surface area contributed by atoms with Crippen LogP contribution in [-0.2, 0) is 13.0 Å². The topological polar surface area (TPSA) is 40.5 Å². The molecule has 0 aromatic heterocycles. The molecular weight excluding hydrogens is 200 g/mol. The molecule has 3 heteroatoms. The number of phenols is 1. The van der Waals surface area contributed by atoms with Crippen molar-refractivity contribution in [2.45, 2.75) is 33.8 Å². The zero-order chi connectivity index (χ0) is 12.6. The molecule has 0 unspecified atom stereocenters. The minimum Gasteiger partial charge on any atom is -0.506 e. The average molecular weight is 220 g/mol. The molecule has 0 aliphatic rings. The highest BCUT2D eigenvalue weighted by Crippen LogP contribution is 2.29. The van der Waals surface area contributed by atoms with E-state index < -0.39 is 0 Å². The number of aliphatic hydroxyl groups is 1. The summed E-state index contributed by atoms with van der Waals surface area (Å²) in [5.74, 6) is 0.123. The van der Waals surface area contributed by atoms with Crippen molar-refractivity contribution >= 4 is 11.6 Å². The lowest BCUT2D eigenvalue weighted by Crippen LogP contribution is -1.88. The standard InChI is InChI=1S/C9H11ClO2.C2H6/c1-2-7-3-6(5-11)4-8(10)9(7)12;1-2/h3-4,11-12H,2,5H2,1H3;1-2H3/i11D;1T. The van der Waals surface area contributed by atoms with Crippen LogP contribution in [0.2, 0.25) is 5.02 Å². The van der Waals surface area contributed by atoms with Crippen LogP contribution < -0.4 is 0 Å². The first-order chi connectivity index (χ1) is 7.60. The van der Waals surface area contributed by atoms with Gasteiger partial charge in [0.05, 0.1) is 11.6 Å². The molecule has 0 bridgehead atoms. The Morgan fingerprint density at radius 3 is 2.79 bits per heavy atom. The summed E-state index contributed by atoms with van der Waals surface area (Å²) in [7, 11) is 0. The molecule has 2 nitrogen and oxygen atoms in total. The second-order valence-electron chi connectivity index (χ2n) is 2.58. The van der Waals surface area contributed by atoms with Gasteiger partial charge in [-0.25, -0.2) is 0 Å². The van der Waals surface area contributed by atoms with Crippen molar-refractivity contribution < 1.29 is 11.6 Å². The number of phenolic OH excluding ortho intramolecular Hbond substituents is 1. The van der Waals surface area contributed by atoms with E-state index in [1.165, 1.54) is 0 Å². The predicted molar refractivity (Wildman–Crippen MR) is 59.8 cm³/mol. The van der Waals surface area contributed by atoms with Crippen LogP contribution in [0.15, 0.2) is 12.1 Å². The van der Waals surface area contributed by atoms with E-state index in [1.807, 2.05) is 6.92 Å². The van der Waals surface area contributed by atoms with E-state index in [-0.39, 0.29) is 12.4 Å². The molecule has 0 fully saturated rings.